The fourth-order valence-corrected chi connectivity index (χ4v) is 0.718. The second kappa shape index (κ2) is 2.88. The molecule has 0 aliphatic carbocycles. The van der Waals surface area contributed by atoms with Gasteiger partial charge < -0.3 is 25.7 Å². The van der Waals surface area contributed by atoms with Crippen molar-refractivity contribution >= 4 is 13.6 Å². The number of hydrogen-bond donors (Lipinski definition) is 5. The maximum Gasteiger partial charge on any atom is 0.359 e. The van der Waals surface area contributed by atoms with Crippen molar-refractivity contribution in [2.24, 2.45) is 5.73 Å². The van der Waals surface area contributed by atoms with E-state index in [9.17, 15) is 9.36 Å². The first-order valence-corrected chi connectivity index (χ1v) is 4.05. The first-order chi connectivity index (χ1) is 4.75. The normalized spacial score (nSPS) is 17.5. The molecule has 0 amide bonds. The summed E-state index contributed by atoms with van der Waals surface area (Å²) >= 11 is 0. The van der Waals surface area contributed by atoms with E-state index in [1.54, 1.807) is 0 Å². The molecule has 7 nitrogen and oxygen atoms in total. The van der Waals surface area contributed by atoms with Crippen LogP contribution in [0.1, 0.15) is 0 Å². The maximum absolute atomic E-state index is 10.4. The van der Waals surface area contributed by atoms with Crippen molar-refractivity contribution in [3.8, 4) is 0 Å². The predicted octanol–water partition coefficient (Wildman–Crippen LogP) is -2.10. The van der Waals surface area contributed by atoms with Crippen molar-refractivity contribution in [3.63, 3.8) is 0 Å². The molecule has 0 fully saturated rings. The largest absolute Gasteiger partial charge is 0.479 e. The summed E-state index contributed by atoms with van der Waals surface area (Å²) in [7, 11) is -5.02. The van der Waals surface area contributed by atoms with Gasteiger partial charge >= 0.3 is 13.6 Å². The van der Waals surface area contributed by atoms with Crippen LogP contribution in [0.4, 0.5) is 0 Å². The van der Waals surface area contributed by atoms with Gasteiger partial charge in [-0.2, -0.15) is 0 Å². The highest BCUT2D eigenvalue weighted by Crippen LogP contribution is 2.46. The van der Waals surface area contributed by atoms with Crippen molar-refractivity contribution in [1.29, 1.82) is 0 Å². The molecule has 0 aliphatic heterocycles. The van der Waals surface area contributed by atoms with Crippen LogP contribution in [-0.2, 0) is 9.36 Å². The van der Waals surface area contributed by atoms with Crippen molar-refractivity contribution in [1.82, 2.24) is 0 Å². The number of hydrogen-bond acceptors (Lipinski definition) is 4. The van der Waals surface area contributed by atoms with E-state index in [0.29, 0.717) is 0 Å². The standard InChI is InChI=1S/C3H8NO6P/c4-3(1-5,2(6)7)11(8,9)10/h5H,1,4H2,(H,6,7)(H2,8,9,10)/t3-/m1/s1. The Bertz CT molecular complexity index is 210. The average molecular weight is 185 g/mol. The zero-order chi connectivity index (χ0) is 9.28. The number of aliphatic hydroxyl groups is 1. The van der Waals surface area contributed by atoms with Crippen molar-refractivity contribution in [3.05, 3.63) is 0 Å². The Kier molecular flexibility index (Phi) is 2.76. The Morgan fingerprint density at radius 2 is 1.91 bits per heavy atom. The maximum atomic E-state index is 10.4. The first-order valence-electron chi connectivity index (χ1n) is 2.44. The van der Waals surface area contributed by atoms with Gasteiger partial charge in [0.1, 0.15) is 0 Å². The lowest BCUT2D eigenvalue weighted by Gasteiger charge is -2.22. The van der Waals surface area contributed by atoms with Gasteiger partial charge in [-0.1, -0.05) is 0 Å². The molecule has 0 aromatic carbocycles. The summed E-state index contributed by atoms with van der Waals surface area (Å²) in [6, 6.07) is 0. The fraction of sp³-hybridized carbons (Fsp3) is 0.667. The van der Waals surface area contributed by atoms with Crippen LogP contribution in [0.25, 0.3) is 0 Å². The molecule has 0 rings (SSSR count). The molecule has 0 aromatic heterocycles. The fourth-order valence-electron chi connectivity index (χ4n) is 0.284. The van der Waals surface area contributed by atoms with Gasteiger partial charge in [0.2, 0.25) is 5.28 Å². The molecule has 0 radical (unpaired) electrons. The summed E-state index contributed by atoms with van der Waals surface area (Å²) in [5.41, 5.74) is 4.70. The number of carboxylic acid groups (broad SMARTS) is 1. The van der Waals surface area contributed by atoms with Gasteiger partial charge in [-0.25, -0.2) is 4.79 Å². The molecule has 0 aliphatic rings. The van der Waals surface area contributed by atoms with E-state index in [-0.39, 0.29) is 0 Å². The summed E-state index contributed by atoms with van der Waals surface area (Å²) in [6.07, 6.45) is 0. The van der Waals surface area contributed by atoms with Gasteiger partial charge in [-0.3, -0.25) is 4.57 Å². The van der Waals surface area contributed by atoms with Crippen molar-refractivity contribution in [2.75, 3.05) is 6.61 Å². The quantitative estimate of drug-likeness (QED) is 0.317. The second-order valence-corrected chi connectivity index (χ2v) is 3.82. The highest BCUT2D eigenvalue weighted by Gasteiger charge is 2.50. The van der Waals surface area contributed by atoms with E-state index in [2.05, 4.69) is 0 Å². The Labute approximate surface area is 61.6 Å². The van der Waals surface area contributed by atoms with Gasteiger partial charge in [-0.15, -0.1) is 0 Å². The van der Waals surface area contributed by atoms with Crippen LogP contribution in [-0.4, -0.2) is 37.9 Å². The minimum absolute atomic E-state index is 1.31. The van der Waals surface area contributed by atoms with Gasteiger partial charge in [0.15, 0.2) is 0 Å². The van der Waals surface area contributed by atoms with E-state index in [4.69, 9.17) is 25.7 Å². The first kappa shape index (κ1) is 10.5. The minimum atomic E-state index is -5.02. The summed E-state index contributed by atoms with van der Waals surface area (Å²) in [5.74, 6) is -1.94. The third-order valence-electron chi connectivity index (χ3n) is 1.13. The number of aliphatic hydroxyl groups excluding tert-OH is 1. The highest BCUT2D eigenvalue weighted by atomic mass is 31.2. The van der Waals surface area contributed by atoms with Gasteiger partial charge in [0.25, 0.3) is 0 Å². The highest BCUT2D eigenvalue weighted by molar-refractivity contribution is 7.54. The molecule has 0 heterocycles. The molecule has 0 unspecified atom stereocenters. The molecular weight excluding hydrogens is 177 g/mol. The molecule has 8 heteroatoms. The zero-order valence-corrected chi connectivity index (χ0v) is 6.23. The average Bonchev–Trinajstić information content (AvgIpc) is 1.83. The molecule has 6 N–H and O–H groups in total. The molecule has 0 aromatic rings. The SMILES string of the molecule is N[C@@](CO)(C(=O)O)P(=O)(O)O. The molecule has 0 saturated carbocycles. The molecule has 66 valence electrons. The van der Waals surface area contributed by atoms with Crippen molar-refractivity contribution in [2.45, 2.75) is 5.28 Å². The van der Waals surface area contributed by atoms with Crippen LogP contribution in [0.3, 0.4) is 0 Å². The van der Waals surface area contributed by atoms with Gasteiger partial charge in [-0.05, 0) is 0 Å². The Morgan fingerprint density at radius 1 is 1.55 bits per heavy atom. The lowest BCUT2D eigenvalue weighted by Crippen LogP contribution is -2.50. The number of rotatable bonds is 3. The molecule has 0 saturated heterocycles. The number of nitrogens with two attached hydrogens (primary N) is 1. The van der Waals surface area contributed by atoms with Crippen LogP contribution in [0, 0.1) is 0 Å². The van der Waals surface area contributed by atoms with E-state index in [1.165, 1.54) is 0 Å². The Balaban J connectivity index is 4.92. The van der Waals surface area contributed by atoms with E-state index < -0.39 is 25.5 Å². The third-order valence-corrected chi connectivity index (χ3v) is 2.50. The summed E-state index contributed by atoms with van der Waals surface area (Å²) < 4.78 is 10.4. The van der Waals surface area contributed by atoms with Crippen LogP contribution in [0.15, 0.2) is 0 Å². The monoisotopic (exact) mass is 185 g/mol. The topological polar surface area (TPSA) is 141 Å². The van der Waals surface area contributed by atoms with E-state index in [0.717, 1.165) is 0 Å². The smallest absolute Gasteiger partial charge is 0.359 e. The minimum Gasteiger partial charge on any atom is -0.479 e. The number of carbonyl (C=O) groups is 1. The third kappa shape index (κ3) is 1.76. The van der Waals surface area contributed by atoms with Crippen LogP contribution >= 0.6 is 7.60 Å². The molecule has 0 bridgehead atoms. The molecule has 11 heavy (non-hydrogen) atoms. The van der Waals surface area contributed by atoms with Crippen LogP contribution in [0.5, 0.6) is 0 Å². The summed E-state index contributed by atoms with van der Waals surface area (Å²) in [4.78, 5) is 26.8. The number of carboxylic acids is 1. The van der Waals surface area contributed by atoms with Gasteiger partial charge in [0.05, 0.1) is 6.61 Å². The van der Waals surface area contributed by atoms with Crippen LogP contribution < -0.4 is 5.73 Å². The van der Waals surface area contributed by atoms with Gasteiger partial charge in [0, 0.05) is 0 Å². The lowest BCUT2D eigenvalue weighted by atomic mass is 10.3. The van der Waals surface area contributed by atoms with Crippen LogP contribution in [0.2, 0.25) is 0 Å². The Morgan fingerprint density at radius 3 is 1.91 bits per heavy atom. The lowest BCUT2D eigenvalue weighted by molar-refractivity contribution is -0.141. The Hall–Kier alpha value is -0.460. The second-order valence-electron chi connectivity index (χ2n) is 1.93. The summed E-state index contributed by atoms with van der Waals surface area (Å²) in [6.45, 7) is -1.31. The number of aliphatic carboxylic acids is 1. The zero-order valence-electron chi connectivity index (χ0n) is 5.34. The molecule has 1 atom stereocenters. The molecular formula is C3H8NO6P. The van der Waals surface area contributed by atoms with E-state index in [1.807, 2.05) is 0 Å². The van der Waals surface area contributed by atoms with E-state index >= 15 is 0 Å². The molecule has 0 spiro atoms. The predicted molar refractivity (Wildman–Crippen MR) is 33.7 cm³/mol. The summed E-state index contributed by atoms with van der Waals surface area (Å²) in [5, 5.41) is 13.6. The van der Waals surface area contributed by atoms with Crippen molar-refractivity contribution < 1.29 is 29.4 Å².